The molecule has 3 amide bonds. The van der Waals surface area contributed by atoms with Gasteiger partial charge in [0.25, 0.3) is 0 Å². The van der Waals surface area contributed by atoms with Crippen LogP contribution in [0.1, 0.15) is 45.1 Å². The number of rotatable bonds is 12. The predicted octanol–water partition coefficient (Wildman–Crippen LogP) is 0.209. The van der Waals surface area contributed by atoms with Crippen molar-refractivity contribution < 1.29 is 33.8 Å². The lowest BCUT2D eigenvalue weighted by molar-refractivity contribution is -0.154. The third-order valence-corrected chi connectivity index (χ3v) is 6.15. The molecule has 6 N–H and O–H groups in total. The van der Waals surface area contributed by atoms with E-state index >= 15 is 0 Å². The molecule has 0 aromatic heterocycles. The highest BCUT2D eigenvalue weighted by Gasteiger charge is 2.47. The number of Topliss-reactive ketones (excluding diaryl/α,β-unsaturated/α-hetero) is 1. The Morgan fingerprint density at radius 2 is 2.03 bits per heavy atom. The highest BCUT2D eigenvalue weighted by molar-refractivity contribution is 5.95. The van der Waals surface area contributed by atoms with E-state index in [0.29, 0.717) is 24.9 Å². The Balaban J connectivity index is 2.37. The van der Waals surface area contributed by atoms with Crippen LogP contribution in [-0.2, 0) is 25.6 Å². The van der Waals surface area contributed by atoms with Crippen LogP contribution in [0.3, 0.4) is 0 Å². The van der Waals surface area contributed by atoms with E-state index in [2.05, 4.69) is 10.6 Å². The maximum absolute atomic E-state index is 13.8. The molecule has 0 saturated carbocycles. The normalized spacial score (nSPS) is 19.6. The zero-order valence-corrected chi connectivity index (χ0v) is 19.6. The molecule has 34 heavy (non-hydrogen) atoms. The standard InChI is InChI=1S/C24H34FN3O6/c1-14(2)12-24(34,23(26)33)18(10-15-5-3-7-17(25)9-15)22(32)28-19(20(30)13-29)11-16-6-4-8-27-21(16)31/h3,5,7,9,14,16,18-19,29,34H,4,6,8,10-13H2,1-2H3,(H2,26,33)(H,27,31)(H,28,32)/t16-,18+,19-,24?/m0/s1. The Morgan fingerprint density at radius 3 is 2.59 bits per heavy atom. The van der Waals surface area contributed by atoms with E-state index in [1.54, 1.807) is 19.9 Å². The predicted molar refractivity (Wildman–Crippen MR) is 122 cm³/mol. The third-order valence-electron chi connectivity index (χ3n) is 6.15. The van der Waals surface area contributed by atoms with Crippen LogP contribution in [0.5, 0.6) is 0 Å². The van der Waals surface area contributed by atoms with Crippen LogP contribution in [0.25, 0.3) is 0 Å². The first-order valence-corrected chi connectivity index (χ1v) is 11.5. The first kappa shape index (κ1) is 27.4. The van der Waals surface area contributed by atoms with Crippen molar-refractivity contribution >= 4 is 23.5 Å². The molecule has 1 unspecified atom stereocenters. The first-order chi connectivity index (χ1) is 16.0. The number of carbonyl (C=O) groups is 4. The van der Waals surface area contributed by atoms with Gasteiger partial charge < -0.3 is 26.6 Å². The van der Waals surface area contributed by atoms with Crippen LogP contribution in [0, 0.1) is 23.6 Å². The van der Waals surface area contributed by atoms with Crippen molar-refractivity contribution in [2.75, 3.05) is 13.2 Å². The fourth-order valence-corrected chi connectivity index (χ4v) is 4.41. The lowest BCUT2D eigenvalue weighted by Gasteiger charge is -2.35. The van der Waals surface area contributed by atoms with Gasteiger partial charge in [0.05, 0.1) is 12.0 Å². The molecule has 1 saturated heterocycles. The summed E-state index contributed by atoms with van der Waals surface area (Å²) in [5, 5.41) is 25.9. The molecule has 1 aliphatic rings. The quantitative estimate of drug-likeness (QED) is 0.288. The molecule has 1 aromatic rings. The van der Waals surface area contributed by atoms with Gasteiger partial charge >= 0.3 is 0 Å². The van der Waals surface area contributed by atoms with Gasteiger partial charge in [-0.05, 0) is 55.7 Å². The summed E-state index contributed by atoms with van der Waals surface area (Å²) in [5.74, 6) is -5.68. The SMILES string of the molecule is CC(C)CC(O)(C(N)=O)[C@H](Cc1cccc(F)c1)C(=O)N[C@@H](C[C@@H]1CCCNC1=O)C(=O)CO. The monoisotopic (exact) mass is 479 g/mol. The Bertz CT molecular complexity index is 908. The number of hydrogen-bond donors (Lipinski definition) is 5. The fraction of sp³-hybridized carbons (Fsp3) is 0.583. The average Bonchev–Trinajstić information content (AvgIpc) is 2.77. The molecule has 10 heteroatoms. The molecule has 1 aromatic carbocycles. The molecule has 2 rings (SSSR count). The van der Waals surface area contributed by atoms with Crippen LogP contribution in [0.2, 0.25) is 0 Å². The molecule has 0 bridgehead atoms. The summed E-state index contributed by atoms with van der Waals surface area (Å²) in [7, 11) is 0. The minimum Gasteiger partial charge on any atom is -0.389 e. The van der Waals surface area contributed by atoms with E-state index in [4.69, 9.17) is 5.73 Å². The molecule has 1 aliphatic heterocycles. The second-order valence-corrected chi connectivity index (χ2v) is 9.32. The summed E-state index contributed by atoms with van der Waals surface area (Å²) in [6, 6.07) is 4.17. The Kier molecular flexibility index (Phi) is 9.69. The second kappa shape index (κ2) is 12.0. The van der Waals surface area contributed by atoms with Crippen molar-refractivity contribution in [2.45, 2.75) is 57.6 Å². The number of halogens is 1. The zero-order valence-electron chi connectivity index (χ0n) is 19.6. The van der Waals surface area contributed by atoms with Crippen molar-refractivity contribution in [3.8, 4) is 0 Å². The number of aliphatic hydroxyl groups is 2. The Morgan fingerprint density at radius 1 is 1.32 bits per heavy atom. The number of benzene rings is 1. The van der Waals surface area contributed by atoms with E-state index in [1.807, 2.05) is 0 Å². The molecular weight excluding hydrogens is 445 g/mol. The molecule has 4 atom stereocenters. The summed E-state index contributed by atoms with van der Waals surface area (Å²) in [5.41, 5.74) is 3.59. The number of nitrogens with one attached hydrogen (secondary N) is 2. The van der Waals surface area contributed by atoms with Crippen LogP contribution in [0.15, 0.2) is 24.3 Å². The molecule has 9 nitrogen and oxygen atoms in total. The fourth-order valence-electron chi connectivity index (χ4n) is 4.41. The maximum atomic E-state index is 13.8. The van der Waals surface area contributed by atoms with E-state index in [9.17, 15) is 33.8 Å². The van der Waals surface area contributed by atoms with Crippen molar-refractivity contribution in [2.24, 2.45) is 23.5 Å². The topological polar surface area (TPSA) is 159 Å². The number of carbonyl (C=O) groups excluding carboxylic acids is 4. The zero-order chi connectivity index (χ0) is 25.5. The highest BCUT2D eigenvalue weighted by Crippen LogP contribution is 2.30. The smallest absolute Gasteiger partial charge is 0.250 e. The van der Waals surface area contributed by atoms with E-state index < -0.39 is 53.5 Å². The number of aliphatic hydroxyl groups excluding tert-OH is 1. The van der Waals surface area contributed by atoms with Gasteiger partial charge in [0.15, 0.2) is 11.4 Å². The second-order valence-electron chi connectivity index (χ2n) is 9.32. The minimum absolute atomic E-state index is 0.0389. The first-order valence-electron chi connectivity index (χ1n) is 11.5. The third kappa shape index (κ3) is 7.07. The summed E-state index contributed by atoms with van der Waals surface area (Å²) in [6.07, 6.45) is 0.826. The Hall–Kier alpha value is -2.85. The van der Waals surface area contributed by atoms with Gasteiger partial charge in [-0.25, -0.2) is 4.39 Å². The average molecular weight is 480 g/mol. The molecule has 0 radical (unpaired) electrons. The lowest BCUT2D eigenvalue weighted by atomic mass is 9.76. The summed E-state index contributed by atoms with van der Waals surface area (Å²) >= 11 is 0. The largest absolute Gasteiger partial charge is 0.389 e. The lowest BCUT2D eigenvalue weighted by Crippen LogP contribution is -2.58. The van der Waals surface area contributed by atoms with Crippen molar-refractivity contribution in [3.05, 3.63) is 35.6 Å². The highest BCUT2D eigenvalue weighted by atomic mass is 19.1. The number of primary amides is 1. The van der Waals surface area contributed by atoms with Gasteiger partial charge in [-0.3, -0.25) is 19.2 Å². The summed E-state index contributed by atoms with van der Waals surface area (Å²) in [6.45, 7) is 3.15. The van der Waals surface area contributed by atoms with E-state index in [1.165, 1.54) is 18.2 Å². The van der Waals surface area contributed by atoms with Crippen molar-refractivity contribution in [1.29, 1.82) is 0 Å². The number of nitrogens with two attached hydrogens (primary N) is 1. The molecule has 188 valence electrons. The van der Waals surface area contributed by atoms with Crippen LogP contribution < -0.4 is 16.4 Å². The van der Waals surface area contributed by atoms with Gasteiger partial charge in [0.2, 0.25) is 17.7 Å². The number of piperidine rings is 1. The number of amides is 3. The van der Waals surface area contributed by atoms with Crippen molar-refractivity contribution in [3.63, 3.8) is 0 Å². The molecule has 0 spiro atoms. The van der Waals surface area contributed by atoms with Crippen LogP contribution in [-0.4, -0.2) is 58.5 Å². The number of ketones is 1. The molecule has 1 heterocycles. The van der Waals surface area contributed by atoms with Gasteiger partial charge in [0, 0.05) is 12.5 Å². The van der Waals surface area contributed by atoms with Gasteiger partial charge in [-0.2, -0.15) is 0 Å². The number of hydrogen-bond acceptors (Lipinski definition) is 6. The summed E-state index contributed by atoms with van der Waals surface area (Å²) < 4.78 is 13.8. The van der Waals surface area contributed by atoms with Crippen LogP contribution in [0.4, 0.5) is 4.39 Å². The molecule has 1 fully saturated rings. The Labute approximate surface area is 198 Å². The summed E-state index contributed by atoms with van der Waals surface area (Å²) in [4.78, 5) is 50.3. The molecule has 0 aliphatic carbocycles. The van der Waals surface area contributed by atoms with Gasteiger partial charge in [-0.15, -0.1) is 0 Å². The van der Waals surface area contributed by atoms with Crippen LogP contribution >= 0.6 is 0 Å². The van der Waals surface area contributed by atoms with Crippen molar-refractivity contribution in [1.82, 2.24) is 10.6 Å². The van der Waals surface area contributed by atoms with Gasteiger partial charge in [0.1, 0.15) is 12.4 Å². The van der Waals surface area contributed by atoms with E-state index in [-0.39, 0.29) is 31.1 Å². The van der Waals surface area contributed by atoms with Gasteiger partial charge in [-0.1, -0.05) is 26.0 Å². The van der Waals surface area contributed by atoms with E-state index in [0.717, 1.165) is 0 Å². The maximum Gasteiger partial charge on any atom is 0.250 e. The molecular formula is C24H34FN3O6. The minimum atomic E-state index is -2.28.